The van der Waals surface area contributed by atoms with Gasteiger partial charge in [0.25, 0.3) is 0 Å². The highest BCUT2D eigenvalue weighted by Gasteiger charge is 2.33. The van der Waals surface area contributed by atoms with Gasteiger partial charge in [0, 0.05) is 16.9 Å². The normalized spacial score (nSPS) is 18.1. The third-order valence-corrected chi connectivity index (χ3v) is 3.87. The number of hydrogen-bond donors (Lipinski definition) is 1. The monoisotopic (exact) mass is 244 g/mol. The van der Waals surface area contributed by atoms with Crippen LogP contribution >= 0.6 is 11.8 Å². The first kappa shape index (κ1) is 10.4. The smallest absolute Gasteiger partial charge is 0.200 e. The number of carbonyl (C=O) groups excluding carboxylic acids is 2. The highest BCUT2D eigenvalue weighted by Crippen LogP contribution is 2.38. The van der Waals surface area contributed by atoms with Crippen molar-refractivity contribution in [3.8, 4) is 5.75 Å². The Morgan fingerprint density at radius 3 is 2.82 bits per heavy atom. The molecule has 0 radical (unpaired) electrons. The minimum absolute atomic E-state index is 0.128. The van der Waals surface area contributed by atoms with Gasteiger partial charge >= 0.3 is 0 Å². The van der Waals surface area contributed by atoms with E-state index in [9.17, 15) is 14.7 Å². The number of fused-ring (bicyclic) bond motifs is 1. The van der Waals surface area contributed by atoms with Crippen LogP contribution in [0.1, 0.15) is 20.7 Å². The number of carbonyl (C=O) groups is 2. The molecule has 1 N–H and O–H groups in total. The van der Waals surface area contributed by atoms with Crippen molar-refractivity contribution in [1.82, 2.24) is 0 Å². The van der Waals surface area contributed by atoms with Crippen molar-refractivity contribution in [2.45, 2.75) is 0 Å². The highest BCUT2D eigenvalue weighted by atomic mass is 32.2. The molecule has 4 heteroatoms. The molecule has 0 fully saturated rings. The van der Waals surface area contributed by atoms with Crippen molar-refractivity contribution < 1.29 is 14.7 Å². The first-order chi connectivity index (χ1) is 8.20. The molecule has 1 aromatic rings. The lowest BCUT2D eigenvalue weighted by Gasteiger charge is -2.21. The predicted octanol–water partition coefficient (Wildman–Crippen LogP) is 2.33. The number of allylic oxidation sites excluding steroid dienone is 3. The zero-order valence-corrected chi connectivity index (χ0v) is 9.58. The van der Waals surface area contributed by atoms with Crippen LogP contribution in [-0.4, -0.2) is 22.4 Å². The van der Waals surface area contributed by atoms with E-state index in [4.69, 9.17) is 0 Å². The van der Waals surface area contributed by atoms with Crippen molar-refractivity contribution in [3.63, 3.8) is 0 Å². The molecule has 3 rings (SSSR count). The van der Waals surface area contributed by atoms with Gasteiger partial charge in [-0.15, -0.1) is 11.8 Å². The molecular formula is C13H8O3S. The second kappa shape index (κ2) is 3.60. The van der Waals surface area contributed by atoms with Gasteiger partial charge in [0.1, 0.15) is 5.75 Å². The highest BCUT2D eigenvalue weighted by molar-refractivity contribution is 8.04. The lowest BCUT2D eigenvalue weighted by molar-refractivity contribution is 0.0982. The largest absolute Gasteiger partial charge is 0.507 e. The van der Waals surface area contributed by atoms with Crippen LogP contribution < -0.4 is 0 Å². The Balaban J connectivity index is 2.30. The quantitative estimate of drug-likeness (QED) is 0.761. The van der Waals surface area contributed by atoms with E-state index in [1.807, 2.05) is 6.08 Å². The van der Waals surface area contributed by atoms with Crippen LogP contribution in [0.2, 0.25) is 0 Å². The maximum absolute atomic E-state index is 12.2. The maximum atomic E-state index is 12.2. The molecule has 1 heterocycles. The van der Waals surface area contributed by atoms with E-state index in [0.717, 1.165) is 0 Å². The summed E-state index contributed by atoms with van der Waals surface area (Å²) in [6.45, 7) is 0. The van der Waals surface area contributed by atoms with Gasteiger partial charge in [-0.05, 0) is 12.1 Å². The van der Waals surface area contributed by atoms with Crippen molar-refractivity contribution in [1.29, 1.82) is 0 Å². The zero-order chi connectivity index (χ0) is 12.0. The third-order valence-electron chi connectivity index (χ3n) is 2.82. The topological polar surface area (TPSA) is 54.4 Å². The number of phenolic OH excluding ortho intramolecular Hbond substituents is 1. The average Bonchev–Trinajstić information content (AvgIpc) is 2.36. The lowest BCUT2D eigenvalue weighted by atomic mass is 9.88. The van der Waals surface area contributed by atoms with E-state index in [1.54, 1.807) is 18.2 Å². The summed E-state index contributed by atoms with van der Waals surface area (Å²) in [4.78, 5) is 24.9. The molecule has 0 bridgehead atoms. The fourth-order valence-electron chi connectivity index (χ4n) is 2.04. The van der Waals surface area contributed by atoms with Crippen molar-refractivity contribution in [2.24, 2.45) is 0 Å². The summed E-state index contributed by atoms with van der Waals surface area (Å²) in [6.07, 6.45) is 3.51. The van der Waals surface area contributed by atoms with E-state index in [1.165, 1.54) is 17.8 Å². The SMILES string of the molecule is O=C1C2=C(C=CCS2)C(=O)c2c(O)cccc21. The van der Waals surface area contributed by atoms with Gasteiger partial charge in [-0.3, -0.25) is 9.59 Å². The molecule has 0 saturated heterocycles. The zero-order valence-electron chi connectivity index (χ0n) is 8.77. The summed E-state index contributed by atoms with van der Waals surface area (Å²) in [5.74, 6) is 0.138. The molecule has 1 aromatic carbocycles. The molecule has 17 heavy (non-hydrogen) atoms. The van der Waals surface area contributed by atoms with Crippen molar-refractivity contribution in [2.75, 3.05) is 5.75 Å². The Hall–Kier alpha value is -1.81. The Morgan fingerprint density at radius 2 is 2.00 bits per heavy atom. The van der Waals surface area contributed by atoms with Gasteiger partial charge in [-0.2, -0.15) is 0 Å². The first-order valence-corrected chi connectivity index (χ1v) is 6.13. The van der Waals surface area contributed by atoms with Crippen LogP contribution in [0.25, 0.3) is 0 Å². The van der Waals surface area contributed by atoms with Gasteiger partial charge in [-0.1, -0.05) is 18.2 Å². The lowest BCUT2D eigenvalue weighted by Crippen LogP contribution is -2.21. The van der Waals surface area contributed by atoms with Gasteiger partial charge in [0.15, 0.2) is 5.78 Å². The van der Waals surface area contributed by atoms with Crippen LogP contribution in [0, 0.1) is 0 Å². The number of Topliss-reactive ketones (excluding diaryl/α,β-unsaturated/α-hetero) is 2. The molecule has 0 atom stereocenters. The minimum atomic E-state index is -0.267. The fourth-order valence-corrected chi connectivity index (χ4v) is 2.96. The second-order valence-electron chi connectivity index (χ2n) is 3.81. The van der Waals surface area contributed by atoms with E-state index in [0.29, 0.717) is 21.8 Å². The van der Waals surface area contributed by atoms with Crippen LogP contribution in [0.4, 0.5) is 0 Å². The molecule has 1 aliphatic carbocycles. The van der Waals surface area contributed by atoms with E-state index in [2.05, 4.69) is 0 Å². The molecule has 2 aliphatic rings. The molecule has 1 aliphatic heterocycles. The van der Waals surface area contributed by atoms with Gasteiger partial charge < -0.3 is 5.11 Å². The van der Waals surface area contributed by atoms with Gasteiger partial charge in [0.05, 0.1) is 10.5 Å². The summed E-state index contributed by atoms with van der Waals surface area (Å²) < 4.78 is 0. The third kappa shape index (κ3) is 1.37. The molecule has 3 nitrogen and oxygen atoms in total. The number of rotatable bonds is 0. The van der Waals surface area contributed by atoms with E-state index in [-0.39, 0.29) is 22.9 Å². The molecule has 84 valence electrons. The summed E-state index contributed by atoms with van der Waals surface area (Å²) in [7, 11) is 0. The van der Waals surface area contributed by atoms with Crippen LogP contribution in [0.5, 0.6) is 5.75 Å². The van der Waals surface area contributed by atoms with Crippen molar-refractivity contribution >= 4 is 23.3 Å². The molecular weight excluding hydrogens is 236 g/mol. The van der Waals surface area contributed by atoms with Gasteiger partial charge in [0.2, 0.25) is 5.78 Å². The Bertz CT molecular complexity index is 611. The summed E-state index contributed by atoms with van der Waals surface area (Å²) in [5.41, 5.74) is 0.834. The van der Waals surface area contributed by atoms with Crippen LogP contribution in [0.15, 0.2) is 40.8 Å². The summed E-state index contributed by atoms with van der Waals surface area (Å²) >= 11 is 1.37. The van der Waals surface area contributed by atoms with E-state index < -0.39 is 0 Å². The summed E-state index contributed by atoms with van der Waals surface area (Å²) in [6, 6.07) is 4.58. The number of aromatic hydroxyl groups is 1. The maximum Gasteiger partial charge on any atom is 0.200 e. The standard InChI is InChI=1S/C13H8O3S/c14-9-5-1-3-7-10(9)11(15)8-4-2-6-17-13(8)12(7)16/h1-5,14H,6H2. The molecule has 0 unspecified atom stereocenters. The van der Waals surface area contributed by atoms with E-state index >= 15 is 0 Å². The Morgan fingerprint density at radius 1 is 1.18 bits per heavy atom. The fraction of sp³-hybridized carbons (Fsp3) is 0.0769. The number of ketones is 2. The summed E-state index contributed by atoms with van der Waals surface area (Å²) in [5, 5.41) is 9.71. The van der Waals surface area contributed by atoms with Gasteiger partial charge in [-0.25, -0.2) is 0 Å². The molecule has 0 aromatic heterocycles. The van der Waals surface area contributed by atoms with Crippen LogP contribution in [-0.2, 0) is 0 Å². The van der Waals surface area contributed by atoms with Crippen LogP contribution in [0.3, 0.4) is 0 Å². The number of hydrogen-bond acceptors (Lipinski definition) is 4. The number of benzene rings is 1. The number of phenols is 1. The predicted molar refractivity (Wildman–Crippen MR) is 65.4 cm³/mol. The Labute approximate surface area is 102 Å². The second-order valence-corrected chi connectivity index (χ2v) is 4.84. The van der Waals surface area contributed by atoms with Crippen molar-refractivity contribution in [3.05, 3.63) is 52.0 Å². The average molecular weight is 244 g/mol. The Kier molecular flexibility index (Phi) is 2.19. The molecule has 0 saturated carbocycles. The molecule has 0 spiro atoms. The number of thioether (sulfide) groups is 1. The first-order valence-electron chi connectivity index (χ1n) is 5.15. The molecule has 0 amide bonds. The minimum Gasteiger partial charge on any atom is -0.507 e.